The van der Waals surface area contributed by atoms with Gasteiger partial charge in [0.15, 0.2) is 5.65 Å². The highest BCUT2D eigenvalue weighted by molar-refractivity contribution is 7.88. The van der Waals surface area contributed by atoms with Crippen LogP contribution in [0.2, 0.25) is 0 Å². The van der Waals surface area contributed by atoms with Crippen molar-refractivity contribution in [3.63, 3.8) is 0 Å². The molecule has 2 aliphatic heterocycles. The van der Waals surface area contributed by atoms with Crippen molar-refractivity contribution in [3.8, 4) is 11.4 Å². The molecule has 0 N–H and O–H groups in total. The van der Waals surface area contributed by atoms with Gasteiger partial charge in [-0.05, 0) is 25.0 Å². The number of rotatable bonds is 4. The number of sulfonamides is 1. The molecule has 1 spiro atoms. The Labute approximate surface area is 189 Å². The van der Waals surface area contributed by atoms with E-state index in [0.29, 0.717) is 68.5 Å². The van der Waals surface area contributed by atoms with Gasteiger partial charge in [0, 0.05) is 32.2 Å². The van der Waals surface area contributed by atoms with Gasteiger partial charge in [0.2, 0.25) is 10.0 Å². The van der Waals surface area contributed by atoms with E-state index in [2.05, 4.69) is 25.0 Å². The Morgan fingerprint density at radius 1 is 1.12 bits per heavy atom. The standard InChI is InChI=1S/C20H23F2N7O3S/c1-33(30,31)28-6-4-20(5-7-28)12-27(8-9-32-20)18-10-15(24-13-25-18)16-11-23-17-3-2-14(19(21)22)26-29(16)17/h2-3,10-11,13,19H,4-9,12H2,1H3. The summed E-state index contributed by atoms with van der Waals surface area (Å²) >= 11 is 0. The molecule has 176 valence electrons. The van der Waals surface area contributed by atoms with Gasteiger partial charge in [-0.15, -0.1) is 0 Å². The highest BCUT2D eigenvalue weighted by Gasteiger charge is 2.41. The Bertz CT molecular complexity index is 1280. The Balaban J connectivity index is 1.40. The summed E-state index contributed by atoms with van der Waals surface area (Å²) in [5.41, 5.74) is 0.658. The number of hydrogen-bond donors (Lipinski definition) is 0. The van der Waals surface area contributed by atoms with E-state index in [-0.39, 0.29) is 5.69 Å². The van der Waals surface area contributed by atoms with E-state index in [1.54, 1.807) is 12.3 Å². The smallest absolute Gasteiger partial charge is 0.282 e. The van der Waals surface area contributed by atoms with Crippen LogP contribution in [0.3, 0.4) is 0 Å². The van der Waals surface area contributed by atoms with E-state index >= 15 is 0 Å². The maximum Gasteiger partial charge on any atom is 0.282 e. The van der Waals surface area contributed by atoms with Gasteiger partial charge in [0.1, 0.15) is 23.5 Å². The third-order valence-corrected chi connectivity index (χ3v) is 7.50. The molecule has 0 saturated carbocycles. The molecule has 0 bridgehead atoms. The van der Waals surface area contributed by atoms with Crippen LogP contribution in [0, 0.1) is 0 Å². The molecule has 10 nitrogen and oxygen atoms in total. The second kappa shape index (κ2) is 8.22. The molecule has 3 aromatic rings. The summed E-state index contributed by atoms with van der Waals surface area (Å²) in [5.74, 6) is 0.674. The molecule has 0 unspecified atom stereocenters. The number of fused-ring (bicyclic) bond motifs is 1. The molecule has 2 aliphatic rings. The van der Waals surface area contributed by atoms with E-state index in [0.717, 1.165) is 0 Å². The third-order valence-electron chi connectivity index (χ3n) is 6.20. The van der Waals surface area contributed by atoms with E-state index in [1.807, 2.05) is 0 Å². The molecule has 0 atom stereocenters. The summed E-state index contributed by atoms with van der Waals surface area (Å²) in [7, 11) is -3.22. The highest BCUT2D eigenvalue weighted by Crippen LogP contribution is 2.33. The number of ether oxygens (including phenoxy) is 1. The first-order chi connectivity index (χ1) is 15.7. The van der Waals surface area contributed by atoms with Crippen LogP contribution in [-0.2, 0) is 14.8 Å². The number of piperidine rings is 1. The minimum atomic E-state index is -3.22. The molecule has 0 radical (unpaired) electrons. The van der Waals surface area contributed by atoms with Crippen molar-refractivity contribution in [2.45, 2.75) is 24.9 Å². The van der Waals surface area contributed by atoms with Crippen molar-refractivity contribution in [1.82, 2.24) is 28.9 Å². The predicted octanol–water partition coefficient (Wildman–Crippen LogP) is 1.75. The van der Waals surface area contributed by atoms with Gasteiger partial charge in [-0.1, -0.05) is 0 Å². The molecule has 0 aromatic carbocycles. The van der Waals surface area contributed by atoms with Gasteiger partial charge in [0.25, 0.3) is 6.43 Å². The zero-order valence-corrected chi connectivity index (χ0v) is 18.7. The van der Waals surface area contributed by atoms with Crippen molar-refractivity contribution in [2.75, 3.05) is 43.9 Å². The average Bonchev–Trinajstić information content (AvgIpc) is 3.22. The number of alkyl halides is 2. The number of imidazole rings is 1. The van der Waals surface area contributed by atoms with Crippen LogP contribution in [0.4, 0.5) is 14.6 Å². The second-order valence-corrected chi connectivity index (χ2v) is 10.3. The van der Waals surface area contributed by atoms with Crippen LogP contribution < -0.4 is 4.90 Å². The van der Waals surface area contributed by atoms with Gasteiger partial charge in [-0.2, -0.15) is 5.10 Å². The van der Waals surface area contributed by atoms with E-state index in [9.17, 15) is 17.2 Å². The fraction of sp³-hybridized carbons (Fsp3) is 0.500. The van der Waals surface area contributed by atoms with E-state index in [1.165, 1.54) is 33.5 Å². The van der Waals surface area contributed by atoms with Crippen molar-refractivity contribution in [2.24, 2.45) is 0 Å². The lowest BCUT2D eigenvalue weighted by atomic mass is 9.90. The maximum atomic E-state index is 13.1. The van der Waals surface area contributed by atoms with Gasteiger partial charge >= 0.3 is 0 Å². The summed E-state index contributed by atoms with van der Waals surface area (Å²) in [4.78, 5) is 15.1. The third kappa shape index (κ3) is 4.27. The molecule has 2 saturated heterocycles. The zero-order chi connectivity index (χ0) is 23.2. The summed E-state index contributed by atoms with van der Waals surface area (Å²) in [6, 6.07) is 4.53. The Morgan fingerprint density at radius 3 is 2.64 bits per heavy atom. The van der Waals surface area contributed by atoms with Crippen LogP contribution in [0.15, 0.2) is 30.7 Å². The summed E-state index contributed by atoms with van der Waals surface area (Å²) in [5, 5.41) is 4.00. The Hall–Kier alpha value is -2.77. The van der Waals surface area contributed by atoms with Crippen molar-refractivity contribution < 1.29 is 21.9 Å². The minimum Gasteiger partial charge on any atom is -0.371 e. The number of anilines is 1. The predicted molar refractivity (Wildman–Crippen MR) is 116 cm³/mol. The Morgan fingerprint density at radius 2 is 1.91 bits per heavy atom. The molecule has 13 heteroatoms. The maximum absolute atomic E-state index is 13.1. The Kier molecular flexibility index (Phi) is 5.49. The largest absolute Gasteiger partial charge is 0.371 e. The number of nitrogens with zero attached hydrogens (tertiary/aromatic N) is 7. The summed E-state index contributed by atoms with van der Waals surface area (Å²) < 4.78 is 58.9. The van der Waals surface area contributed by atoms with Crippen molar-refractivity contribution in [3.05, 3.63) is 36.4 Å². The normalized spacial score (nSPS) is 19.6. The molecule has 5 rings (SSSR count). The van der Waals surface area contributed by atoms with Crippen LogP contribution in [0.25, 0.3) is 17.0 Å². The van der Waals surface area contributed by atoms with Gasteiger partial charge < -0.3 is 9.64 Å². The van der Waals surface area contributed by atoms with Crippen molar-refractivity contribution >= 4 is 21.5 Å². The lowest BCUT2D eigenvalue weighted by Crippen LogP contribution is -2.57. The molecule has 0 aliphatic carbocycles. The van der Waals surface area contributed by atoms with E-state index < -0.39 is 22.0 Å². The van der Waals surface area contributed by atoms with Crippen molar-refractivity contribution in [1.29, 1.82) is 0 Å². The average molecular weight is 480 g/mol. The molecular formula is C20H23F2N7O3S. The summed E-state index contributed by atoms with van der Waals surface area (Å²) in [6.45, 7) is 2.52. The monoisotopic (exact) mass is 479 g/mol. The second-order valence-electron chi connectivity index (χ2n) is 8.35. The van der Waals surface area contributed by atoms with Crippen LogP contribution in [0.5, 0.6) is 0 Å². The van der Waals surface area contributed by atoms with Crippen LogP contribution in [0.1, 0.15) is 25.0 Å². The fourth-order valence-electron chi connectivity index (χ4n) is 4.41. The molecule has 33 heavy (non-hydrogen) atoms. The molecule has 3 aromatic heterocycles. The lowest BCUT2D eigenvalue weighted by Gasteiger charge is -2.47. The van der Waals surface area contributed by atoms with Gasteiger partial charge in [-0.25, -0.2) is 41.0 Å². The van der Waals surface area contributed by atoms with Gasteiger partial charge in [0.05, 0.1) is 30.4 Å². The topological polar surface area (TPSA) is 106 Å². The fourth-order valence-corrected chi connectivity index (χ4v) is 5.25. The number of halogens is 2. The first-order valence-corrected chi connectivity index (χ1v) is 12.4. The summed E-state index contributed by atoms with van der Waals surface area (Å²) in [6.07, 6.45) is 2.70. The number of morpholine rings is 1. The molecular weight excluding hydrogens is 456 g/mol. The number of hydrogen-bond acceptors (Lipinski definition) is 8. The quantitative estimate of drug-likeness (QED) is 0.557. The molecule has 0 amide bonds. The number of aromatic nitrogens is 5. The molecule has 5 heterocycles. The highest BCUT2D eigenvalue weighted by atomic mass is 32.2. The minimum absolute atomic E-state index is 0.341. The van der Waals surface area contributed by atoms with Crippen LogP contribution >= 0.6 is 0 Å². The SMILES string of the molecule is CS(=O)(=O)N1CCC2(CC1)CN(c1cc(-c3cnc4ccc(C(F)F)nn34)ncn1)CCO2. The molecule has 2 fully saturated rings. The first kappa shape index (κ1) is 22.0. The lowest BCUT2D eigenvalue weighted by molar-refractivity contribution is -0.0826. The zero-order valence-electron chi connectivity index (χ0n) is 17.9. The van der Waals surface area contributed by atoms with E-state index in [4.69, 9.17) is 4.74 Å². The van der Waals surface area contributed by atoms with Gasteiger partial charge in [-0.3, -0.25) is 0 Å². The van der Waals surface area contributed by atoms with Crippen LogP contribution in [-0.4, -0.2) is 81.9 Å². The first-order valence-electron chi connectivity index (χ1n) is 10.5.